The summed E-state index contributed by atoms with van der Waals surface area (Å²) in [7, 11) is 0. The highest BCUT2D eigenvalue weighted by atomic mass is 19.1. The molecule has 0 fully saturated rings. The molecule has 2 rings (SSSR count). The Morgan fingerprint density at radius 1 is 0.941 bits per heavy atom. The molecular weight excluding hydrogens is 222 g/mol. The van der Waals surface area contributed by atoms with Crippen LogP contribution in [0.25, 0.3) is 0 Å². The van der Waals surface area contributed by atoms with Gasteiger partial charge in [-0.2, -0.15) is 5.10 Å². The summed E-state index contributed by atoms with van der Waals surface area (Å²) in [5.41, 5.74) is 3.71. The lowest BCUT2D eigenvalue weighted by Gasteiger charge is -1.99. The molecule has 17 heavy (non-hydrogen) atoms. The molecule has 0 saturated heterocycles. The van der Waals surface area contributed by atoms with Crippen molar-refractivity contribution in [3.05, 3.63) is 65.7 Å². The molecule has 4 heteroatoms. The van der Waals surface area contributed by atoms with E-state index in [0.717, 1.165) is 0 Å². The fourth-order valence-electron chi connectivity index (χ4n) is 1.28. The smallest absolute Gasteiger partial charge is 0.132 e. The molecule has 0 bridgehead atoms. The van der Waals surface area contributed by atoms with Crippen LogP contribution in [0.5, 0.6) is 0 Å². The SMILES string of the molecule is Fc1ccc(N/N=C/c2ccccc2F)cc1. The molecule has 86 valence electrons. The molecule has 0 aliphatic rings. The minimum atomic E-state index is -0.336. The first-order valence-corrected chi connectivity index (χ1v) is 5.05. The van der Waals surface area contributed by atoms with Crippen LogP contribution < -0.4 is 5.43 Å². The van der Waals surface area contributed by atoms with Gasteiger partial charge in [0.25, 0.3) is 0 Å². The molecule has 0 unspecified atom stereocenters. The minimum absolute atomic E-state index is 0.311. The number of nitrogens with one attached hydrogen (secondary N) is 1. The van der Waals surface area contributed by atoms with Crippen LogP contribution in [-0.2, 0) is 0 Å². The van der Waals surface area contributed by atoms with E-state index in [2.05, 4.69) is 10.5 Å². The lowest BCUT2D eigenvalue weighted by molar-refractivity contribution is 0.626. The maximum Gasteiger partial charge on any atom is 0.132 e. The van der Waals surface area contributed by atoms with Crippen LogP contribution in [0.3, 0.4) is 0 Å². The Bertz CT molecular complexity index is 521. The highest BCUT2D eigenvalue weighted by Gasteiger charge is 1.95. The number of rotatable bonds is 3. The van der Waals surface area contributed by atoms with Gasteiger partial charge >= 0.3 is 0 Å². The first kappa shape index (κ1) is 11.3. The minimum Gasteiger partial charge on any atom is -0.278 e. The van der Waals surface area contributed by atoms with Gasteiger partial charge < -0.3 is 0 Å². The number of hydrogen-bond acceptors (Lipinski definition) is 2. The van der Waals surface area contributed by atoms with Gasteiger partial charge in [-0.05, 0) is 30.3 Å². The Balaban J connectivity index is 2.03. The third kappa shape index (κ3) is 3.11. The van der Waals surface area contributed by atoms with Gasteiger partial charge in [-0.25, -0.2) is 8.78 Å². The van der Waals surface area contributed by atoms with E-state index in [9.17, 15) is 8.78 Å². The Morgan fingerprint density at radius 2 is 1.65 bits per heavy atom. The van der Waals surface area contributed by atoms with E-state index in [1.807, 2.05) is 0 Å². The molecule has 0 aromatic heterocycles. The molecule has 0 spiro atoms. The second-order valence-electron chi connectivity index (χ2n) is 3.40. The van der Waals surface area contributed by atoms with Crippen LogP contribution in [-0.4, -0.2) is 6.21 Å². The molecule has 0 aliphatic carbocycles. The van der Waals surface area contributed by atoms with Gasteiger partial charge in [-0.15, -0.1) is 0 Å². The average Bonchev–Trinajstić information content (AvgIpc) is 2.34. The van der Waals surface area contributed by atoms with Crippen molar-refractivity contribution in [2.24, 2.45) is 5.10 Å². The van der Waals surface area contributed by atoms with Crippen molar-refractivity contribution in [3.63, 3.8) is 0 Å². The second-order valence-corrected chi connectivity index (χ2v) is 3.40. The van der Waals surface area contributed by atoms with Crippen LogP contribution in [0.2, 0.25) is 0 Å². The van der Waals surface area contributed by atoms with Crippen LogP contribution in [0.4, 0.5) is 14.5 Å². The normalized spacial score (nSPS) is 10.7. The summed E-state index contributed by atoms with van der Waals surface area (Å²) < 4.78 is 25.8. The fourth-order valence-corrected chi connectivity index (χ4v) is 1.28. The van der Waals surface area contributed by atoms with Gasteiger partial charge in [-0.3, -0.25) is 5.43 Å². The Morgan fingerprint density at radius 3 is 2.35 bits per heavy atom. The topological polar surface area (TPSA) is 24.4 Å². The van der Waals surface area contributed by atoms with Crippen molar-refractivity contribution in [3.8, 4) is 0 Å². The molecule has 2 aromatic carbocycles. The van der Waals surface area contributed by atoms with E-state index in [-0.39, 0.29) is 11.6 Å². The van der Waals surface area contributed by atoms with E-state index in [0.29, 0.717) is 11.3 Å². The van der Waals surface area contributed by atoms with E-state index < -0.39 is 0 Å². The Kier molecular flexibility index (Phi) is 3.45. The summed E-state index contributed by atoms with van der Waals surface area (Å²) in [5.74, 6) is -0.647. The maximum absolute atomic E-state index is 13.2. The molecule has 0 aliphatic heterocycles. The summed E-state index contributed by atoms with van der Waals surface area (Å²) in [6.07, 6.45) is 1.37. The average molecular weight is 232 g/mol. The maximum atomic E-state index is 13.2. The Hall–Kier alpha value is -2.23. The molecule has 0 radical (unpaired) electrons. The largest absolute Gasteiger partial charge is 0.278 e. The van der Waals surface area contributed by atoms with Crippen molar-refractivity contribution in [2.75, 3.05) is 5.43 Å². The summed E-state index contributed by atoms with van der Waals surface area (Å²) in [4.78, 5) is 0. The number of nitrogens with zero attached hydrogens (tertiary/aromatic N) is 1. The molecule has 2 aromatic rings. The van der Waals surface area contributed by atoms with E-state index in [4.69, 9.17) is 0 Å². The highest BCUT2D eigenvalue weighted by Crippen LogP contribution is 2.08. The Labute approximate surface area is 97.6 Å². The van der Waals surface area contributed by atoms with Crippen molar-refractivity contribution in [2.45, 2.75) is 0 Å². The van der Waals surface area contributed by atoms with Gasteiger partial charge in [0.15, 0.2) is 0 Å². The van der Waals surface area contributed by atoms with E-state index >= 15 is 0 Å². The predicted octanol–water partition coefficient (Wildman–Crippen LogP) is 3.41. The summed E-state index contributed by atoms with van der Waals surface area (Å²) in [6, 6.07) is 12.1. The van der Waals surface area contributed by atoms with Gasteiger partial charge in [-0.1, -0.05) is 18.2 Å². The fraction of sp³-hybridized carbons (Fsp3) is 0. The van der Waals surface area contributed by atoms with E-state index in [1.165, 1.54) is 24.4 Å². The van der Waals surface area contributed by atoms with Crippen LogP contribution in [0.15, 0.2) is 53.6 Å². The van der Waals surface area contributed by atoms with Crippen LogP contribution in [0.1, 0.15) is 5.56 Å². The molecular formula is C13H10F2N2. The van der Waals surface area contributed by atoms with Crippen LogP contribution in [0, 0.1) is 11.6 Å². The van der Waals surface area contributed by atoms with Crippen molar-refractivity contribution in [1.29, 1.82) is 0 Å². The zero-order valence-electron chi connectivity index (χ0n) is 8.90. The lowest BCUT2D eigenvalue weighted by atomic mass is 10.2. The molecule has 1 N–H and O–H groups in total. The highest BCUT2D eigenvalue weighted by molar-refractivity contribution is 5.80. The molecule has 0 amide bonds. The van der Waals surface area contributed by atoms with Crippen molar-refractivity contribution >= 4 is 11.9 Å². The second kappa shape index (κ2) is 5.21. The quantitative estimate of drug-likeness (QED) is 0.636. The van der Waals surface area contributed by atoms with Crippen LogP contribution >= 0.6 is 0 Å². The van der Waals surface area contributed by atoms with Crippen molar-refractivity contribution in [1.82, 2.24) is 0 Å². The molecule has 0 saturated carbocycles. The molecule has 0 heterocycles. The standard InChI is InChI=1S/C13H10F2N2/c14-11-5-7-12(8-6-11)17-16-9-10-3-1-2-4-13(10)15/h1-9,17H/b16-9+. The number of anilines is 1. The van der Waals surface area contributed by atoms with Gasteiger partial charge in [0.1, 0.15) is 11.6 Å². The number of benzene rings is 2. The third-order valence-corrected chi connectivity index (χ3v) is 2.15. The first-order valence-electron chi connectivity index (χ1n) is 5.05. The molecule has 2 nitrogen and oxygen atoms in total. The van der Waals surface area contributed by atoms with Gasteiger partial charge in [0, 0.05) is 5.56 Å². The summed E-state index contributed by atoms with van der Waals surface area (Å²) in [6.45, 7) is 0. The summed E-state index contributed by atoms with van der Waals surface area (Å²) >= 11 is 0. The monoisotopic (exact) mass is 232 g/mol. The number of hydrazone groups is 1. The van der Waals surface area contributed by atoms with Gasteiger partial charge in [0.2, 0.25) is 0 Å². The van der Waals surface area contributed by atoms with E-state index in [1.54, 1.807) is 30.3 Å². The summed E-state index contributed by atoms with van der Waals surface area (Å²) in [5, 5.41) is 3.86. The first-order chi connectivity index (χ1) is 8.25. The lowest BCUT2D eigenvalue weighted by Crippen LogP contribution is -1.92. The predicted molar refractivity (Wildman–Crippen MR) is 64.0 cm³/mol. The zero-order valence-corrected chi connectivity index (χ0v) is 8.90. The number of hydrogen-bond donors (Lipinski definition) is 1. The van der Waals surface area contributed by atoms with Gasteiger partial charge in [0.05, 0.1) is 11.9 Å². The third-order valence-electron chi connectivity index (χ3n) is 2.15. The zero-order chi connectivity index (χ0) is 12.1. The van der Waals surface area contributed by atoms with Crippen molar-refractivity contribution < 1.29 is 8.78 Å². The number of halogens is 2. The molecule has 0 atom stereocenters.